The molecule has 0 N–H and O–H groups in total. The highest BCUT2D eigenvalue weighted by Gasteiger charge is 2.30. The first-order valence-electron chi connectivity index (χ1n) is 5.63. The van der Waals surface area contributed by atoms with Gasteiger partial charge in [0.1, 0.15) is 0 Å². The molecule has 2 aromatic carbocycles. The Balaban J connectivity index is 2.57. The molecular weight excluding hydrogens is 237 g/mol. The second-order valence-electron chi connectivity index (χ2n) is 4.40. The summed E-state index contributed by atoms with van der Waals surface area (Å²) >= 11 is 0. The van der Waals surface area contributed by atoms with Crippen molar-refractivity contribution in [2.75, 3.05) is 0 Å². The summed E-state index contributed by atoms with van der Waals surface area (Å²) in [5.74, 6) is 0. The average molecular weight is 250 g/mol. The molecule has 0 atom stereocenters. The second-order valence-corrected chi connectivity index (χ2v) is 4.40. The van der Waals surface area contributed by atoms with E-state index in [0.29, 0.717) is 5.56 Å². The zero-order chi connectivity index (χ0) is 13.3. The first-order chi connectivity index (χ1) is 8.38. The zero-order valence-electron chi connectivity index (χ0n) is 10.2. The molecule has 0 nitrogen and oxygen atoms in total. The molecule has 0 spiro atoms. The van der Waals surface area contributed by atoms with Crippen molar-refractivity contribution in [3.8, 4) is 11.1 Å². The minimum atomic E-state index is -4.30. The maximum atomic E-state index is 12.7. The number of rotatable bonds is 1. The fourth-order valence-corrected chi connectivity index (χ4v) is 1.92. The molecule has 0 aliphatic heterocycles. The van der Waals surface area contributed by atoms with Crippen LogP contribution < -0.4 is 0 Å². The monoisotopic (exact) mass is 250 g/mol. The van der Waals surface area contributed by atoms with Gasteiger partial charge in [0, 0.05) is 0 Å². The summed E-state index contributed by atoms with van der Waals surface area (Å²) in [7, 11) is 0. The SMILES string of the molecule is Cc1cccc(-c2cc(C(F)(F)F)ccc2C)c1. The molecule has 0 fully saturated rings. The lowest BCUT2D eigenvalue weighted by molar-refractivity contribution is -0.137. The van der Waals surface area contributed by atoms with Crippen molar-refractivity contribution in [2.24, 2.45) is 0 Å². The molecule has 0 bridgehead atoms. The van der Waals surface area contributed by atoms with Gasteiger partial charge in [0.05, 0.1) is 5.56 Å². The van der Waals surface area contributed by atoms with Crippen molar-refractivity contribution in [3.63, 3.8) is 0 Å². The Bertz CT molecular complexity index is 568. The highest BCUT2D eigenvalue weighted by Crippen LogP contribution is 2.33. The van der Waals surface area contributed by atoms with E-state index >= 15 is 0 Å². The third kappa shape index (κ3) is 2.55. The quantitative estimate of drug-likeness (QED) is 0.669. The van der Waals surface area contributed by atoms with Crippen LogP contribution in [0.3, 0.4) is 0 Å². The lowest BCUT2D eigenvalue weighted by atomic mass is 9.97. The topological polar surface area (TPSA) is 0 Å². The maximum absolute atomic E-state index is 12.7. The van der Waals surface area contributed by atoms with E-state index in [0.717, 1.165) is 22.8 Å². The Hall–Kier alpha value is -1.77. The van der Waals surface area contributed by atoms with E-state index < -0.39 is 11.7 Å². The minimum Gasteiger partial charge on any atom is -0.166 e. The van der Waals surface area contributed by atoms with E-state index in [-0.39, 0.29) is 0 Å². The molecule has 0 unspecified atom stereocenters. The van der Waals surface area contributed by atoms with Crippen molar-refractivity contribution in [1.82, 2.24) is 0 Å². The minimum absolute atomic E-state index is 0.607. The number of aryl methyl sites for hydroxylation is 2. The van der Waals surface area contributed by atoms with Gasteiger partial charge in [-0.3, -0.25) is 0 Å². The predicted molar refractivity (Wildman–Crippen MR) is 66.4 cm³/mol. The van der Waals surface area contributed by atoms with E-state index in [9.17, 15) is 13.2 Å². The summed E-state index contributed by atoms with van der Waals surface area (Å²) in [6, 6.07) is 11.3. The Labute approximate surface area is 104 Å². The van der Waals surface area contributed by atoms with Crippen LogP contribution in [0.5, 0.6) is 0 Å². The molecular formula is C15H13F3. The van der Waals surface area contributed by atoms with Crippen LogP contribution in [-0.2, 0) is 6.18 Å². The second kappa shape index (κ2) is 4.48. The van der Waals surface area contributed by atoms with Gasteiger partial charge in [0.15, 0.2) is 0 Å². The van der Waals surface area contributed by atoms with Crippen LogP contribution in [0.15, 0.2) is 42.5 Å². The van der Waals surface area contributed by atoms with Crippen molar-refractivity contribution in [1.29, 1.82) is 0 Å². The molecule has 0 aromatic heterocycles. The van der Waals surface area contributed by atoms with Crippen LogP contribution in [0.25, 0.3) is 11.1 Å². The largest absolute Gasteiger partial charge is 0.416 e. The molecule has 0 radical (unpaired) electrons. The van der Waals surface area contributed by atoms with Crippen LogP contribution in [0.1, 0.15) is 16.7 Å². The molecule has 0 amide bonds. The summed E-state index contributed by atoms with van der Waals surface area (Å²) < 4.78 is 38.1. The summed E-state index contributed by atoms with van der Waals surface area (Å²) in [6.07, 6.45) is -4.30. The molecule has 18 heavy (non-hydrogen) atoms. The predicted octanol–water partition coefficient (Wildman–Crippen LogP) is 4.99. The third-order valence-electron chi connectivity index (χ3n) is 2.89. The third-order valence-corrected chi connectivity index (χ3v) is 2.89. The van der Waals surface area contributed by atoms with Gasteiger partial charge >= 0.3 is 6.18 Å². The zero-order valence-corrected chi connectivity index (χ0v) is 10.2. The van der Waals surface area contributed by atoms with E-state index in [2.05, 4.69) is 0 Å². The molecule has 2 aromatic rings. The Kier molecular flexibility index (Phi) is 3.16. The molecule has 0 saturated heterocycles. The smallest absolute Gasteiger partial charge is 0.166 e. The normalized spacial score (nSPS) is 11.6. The van der Waals surface area contributed by atoms with Crippen LogP contribution >= 0.6 is 0 Å². The van der Waals surface area contributed by atoms with E-state index in [1.807, 2.05) is 38.1 Å². The first-order valence-corrected chi connectivity index (χ1v) is 5.63. The van der Waals surface area contributed by atoms with Crippen LogP contribution in [0, 0.1) is 13.8 Å². The highest BCUT2D eigenvalue weighted by atomic mass is 19.4. The Morgan fingerprint density at radius 1 is 0.889 bits per heavy atom. The molecule has 3 heteroatoms. The van der Waals surface area contributed by atoms with Crippen molar-refractivity contribution in [2.45, 2.75) is 20.0 Å². The van der Waals surface area contributed by atoms with Crippen molar-refractivity contribution < 1.29 is 13.2 Å². The lowest BCUT2D eigenvalue weighted by Gasteiger charge is -2.12. The maximum Gasteiger partial charge on any atom is 0.416 e. The average Bonchev–Trinajstić information content (AvgIpc) is 2.28. The van der Waals surface area contributed by atoms with Gasteiger partial charge in [0.25, 0.3) is 0 Å². The van der Waals surface area contributed by atoms with Gasteiger partial charge in [-0.05, 0) is 42.7 Å². The summed E-state index contributed by atoms with van der Waals surface area (Å²) in [5.41, 5.74) is 2.72. The Morgan fingerprint density at radius 2 is 1.61 bits per heavy atom. The van der Waals surface area contributed by atoms with E-state index in [4.69, 9.17) is 0 Å². The first kappa shape index (κ1) is 12.7. The highest BCUT2D eigenvalue weighted by molar-refractivity contribution is 5.68. The van der Waals surface area contributed by atoms with Gasteiger partial charge in [-0.1, -0.05) is 35.9 Å². The molecule has 0 aliphatic rings. The number of benzene rings is 2. The fourth-order valence-electron chi connectivity index (χ4n) is 1.92. The molecule has 0 heterocycles. The van der Waals surface area contributed by atoms with Gasteiger partial charge in [-0.15, -0.1) is 0 Å². The summed E-state index contributed by atoms with van der Waals surface area (Å²) in [6.45, 7) is 3.74. The van der Waals surface area contributed by atoms with Crippen LogP contribution in [0.2, 0.25) is 0 Å². The molecule has 2 rings (SSSR count). The van der Waals surface area contributed by atoms with Gasteiger partial charge in [-0.2, -0.15) is 13.2 Å². The number of hydrogen-bond acceptors (Lipinski definition) is 0. The Morgan fingerprint density at radius 3 is 2.22 bits per heavy atom. The van der Waals surface area contributed by atoms with Crippen LogP contribution in [-0.4, -0.2) is 0 Å². The number of hydrogen-bond donors (Lipinski definition) is 0. The molecule has 0 saturated carbocycles. The summed E-state index contributed by atoms with van der Waals surface area (Å²) in [4.78, 5) is 0. The lowest BCUT2D eigenvalue weighted by Crippen LogP contribution is -2.05. The standard InChI is InChI=1S/C15H13F3/c1-10-4-3-5-12(8-10)14-9-13(15(16,17)18)7-6-11(14)2/h3-9H,1-2H3. The number of alkyl halides is 3. The summed E-state index contributed by atoms with van der Waals surface area (Å²) in [5, 5.41) is 0. The fraction of sp³-hybridized carbons (Fsp3) is 0.200. The van der Waals surface area contributed by atoms with E-state index in [1.54, 1.807) is 0 Å². The van der Waals surface area contributed by atoms with Gasteiger partial charge < -0.3 is 0 Å². The molecule has 0 aliphatic carbocycles. The molecule has 94 valence electrons. The van der Waals surface area contributed by atoms with Gasteiger partial charge in [-0.25, -0.2) is 0 Å². The van der Waals surface area contributed by atoms with Crippen LogP contribution in [0.4, 0.5) is 13.2 Å². The van der Waals surface area contributed by atoms with Crippen molar-refractivity contribution >= 4 is 0 Å². The number of halogens is 3. The van der Waals surface area contributed by atoms with Crippen molar-refractivity contribution in [3.05, 3.63) is 59.2 Å². The van der Waals surface area contributed by atoms with Gasteiger partial charge in [0.2, 0.25) is 0 Å². The van der Waals surface area contributed by atoms with E-state index in [1.165, 1.54) is 12.1 Å².